The first-order valence-electron chi connectivity index (χ1n) is 11.5. The Bertz CT molecular complexity index is 866. The molecule has 0 aliphatic carbocycles. The van der Waals surface area contributed by atoms with Crippen LogP contribution in [0.1, 0.15) is 43.4 Å². The van der Waals surface area contributed by atoms with Crippen LogP contribution in [0.15, 0.2) is 33.7 Å². The molecule has 172 valence electrons. The molecule has 31 heavy (non-hydrogen) atoms. The number of aliphatic imine (C=N–C) groups is 1. The normalized spacial score (nSPS) is 20.4. The van der Waals surface area contributed by atoms with Crippen LogP contribution in [0.3, 0.4) is 0 Å². The molecular weight excluding hydrogens is 501 g/mol. The number of guanidine groups is 1. The molecule has 2 aliphatic rings. The molecule has 6 nitrogen and oxygen atoms in total. The number of nitrogens with one attached hydrogen (secondary N) is 2. The first-order chi connectivity index (χ1) is 14.6. The fourth-order valence-electron chi connectivity index (χ4n) is 5.03. The lowest BCUT2D eigenvalue weighted by molar-refractivity contribution is 0.0173. The summed E-state index contributed by atoms with van der Waals surface area (Å²) in [5.41, 5.74) is 2.39. The quantitative estimate of drug-likeness (QED) is 0.342. The van der Waals surface area contributed by atoms with Gasteiger partial charge in [0.15, 0.2) is 5.96 Å². The fourth-order valence-corrected chi connectivity index (χ4v) is 5.03. The second-order valence-electron chi connectivity index (χ2n) is 9.00. The Hall–Kier alpha value is -1.32. The fraction of sp³-hybridized carbons (Fsp3) is 0.625. The van der Waals surface area contributed by atoms with E-state index in [0.29, 0.717) is 6.54 Å². The highest BCUT2D eigenvalue weighted by Crippen LogP contribution is 2.31. The molecule has 0 saturated carbocycles. The van der Waals surface area contributed by atoms with Crippen LogP contribution < -0.4 is 10.6 Å². The molecule has 2 aromatic rings. The van der Waals surface area contributed by atoms with Crippen LogP contribution in [0.2, 0.25) is 0 Å². The number of fused-ring (bicyclic) bond motifs is 1. The van der Waals surface area contributed by atoms with Crippen molar-refractivity contribution in [1.82, 2.24) is 20.4 Å². The first-order valence-corrected chi connectivity index (χ1v) is 11.5. The summed E-state index contributed by atoms with van der Waals surface area (Å²) in [6.07, 6.45) is 6.47. The van der Waals surface area contributed by atoms with Crippen molar-refractivity contribution in [2.45, 2.75) is 51.1 Å². The second-order valence-corrected chi connectivity index (χ2v) is 9.00. The molecule has 2 saturated heterocycles. The minimum atomic E-state index is 0. The molecular formula is C24H38IN5O. The molecule has 7 heteroatoms. The van der Waals surface area contributed by atoms with Gasteiger partial charge in [0, 0.05) is 30.1 Å². The van der Waals surface area contributed by atoms with E-state index in [1.807, 2.05) is 19.2 Å². The van der Waals surface area contributed by atoms with Gasteiger partial charge in [0.1, 0.15) is 11.3 Å². The lowest BCUT2D eigenvalue weighted by Gasteiger charge is -2.50. The molecule has 0 spiro atoms. The third kappa shape index (κ3) is 5.54. The van der Waals surface area contributed by atoms with E-state index in [0.717, 1.165) is 23.8 Å². The van der Waals surface area contributed by atoms with Crippen LogP contribution >= 0.6 is 24.0 Å². The highest BCUT2D eigenvalue weighted by molar-refractivity contribution is 14.0. The van der Waals surface area contributed by atoms with Crippen LogP contribution in [-0.4, -0.2) is 68.1 Å². The summed E-state index contributed by atoms with van der Waals surface area (Å²) in [6, 6.07) is 8.23. The molecule has 3 heterocycles. The molecule has 1 aromatic heterocycles. The number of aryl methyl sites for hydroxylation is 1. The molecule has 0 amide bonds. The Morgan fingerprint density at radius 2 is 1.77 bits per heavy atom. The standard InChI is InChI=1S/C24H37N5O.HI/c1-19-20-9-5-6-10-21(20)30-22(19)17-26-23(25-2)27-18-24(11-15-28(3)16-12-24)29-13-7-4-8-14-29;/h5-6,9-10H,4,7-8,11-18H2,1-3H3,(H2,25,26,27);1H. The number of rotatable bonds is 5. The predicted molar refractivity (Wildman–Crippen MR) is 139 cm³/mol. The van der Waals surface area contributed by atoms with Gasteiger partial charge in [-0.3, -0.25) is 9.89 Å². The smallest absolute Gasteiger partial charge is 0.191 e. The van der Waals surface area contributed by atoms with E-state index in [9.17, 15) is 0 Å². The van der Waals surface area contributed by atoms with E-state index in [4.69, 9.17) is 4.42 Å². The molecule has 1 aromatic carbocycles. The number of para-hydroxylation sites is 1. The van der Waals surface area contributed by atoms with Crippen LogP contribution in [0.5, 0.6) is 0 Å². The summed E-state index contributed by atoms with van der Waals surface area (Å²) in [5, 5.41) is 8.31. The first kappa shape index (κ1) is 24.3. The number of hydrogen-bond donors (Lipinski definition) is 2. The maximum absolute atomic E-state index is 6.06. The number of halogens is 1. The van der Waals surface area contributed by atoms with Crippen molar-refractivity contribution >= 4 is 40.9 Å². The van der Waals surface area contributed by atoms with Crippen molar-refractivity contribution in [1.29, 1.82) is 0 Å². The van der Waals surface area contributed by atoms with Gasteiger partial charge in [0.2, 0.25) is 0 Å². The molecule has 0 atom stereocenters. The number of benzene rings is 1. The van der Waals surface area contributed by atoms with Gasteiger partial charge in [0.25, 0.3) is 0 Å². The van der Waals surface area contributed by atoms with Gasteiger partial charge in [-0.2, -0.15) is 0 Å². The zero-order valence-corrected chi connectivity index (χ0v) is 21.6. The average Bonchev–Trinajstić information content (AvgIpc) is 3.11. The Morgan fingerprint density at radius 3 is 2.45 bits per heavy atom. The van der Waals surface area contributed by atoms with Crippen molar-refractivity contribution < 1.29 is 4.42 Å². The van der Waals surface area contributed by atoms with E-state index >= 15 is 0 Å². The monoisotopic (exact) mass is 539 g/mol. The summed E-state index contributed by atoms with van der Waals surface area (Å²) >= 11 is 0. The van der Waals surface area contributed by atoms with Crippen LogP contribution in [0.25, 0.3) is 11.0 Å². The van der Waals surface area contributed by atoms with Crippen LogP contribution in [-0.2, 0) is 6.54 Å². The molecule has 4 rings (SSSR count). The average molecular weight is 540 g/mol. The largest absolute Gasteiger partial charge is 0.459 e. The Morgan fingerprint density at radius 1 is 1.06 bits per heavy atom. The van der Waals surface area contributed by atoms with E-state index < -0.39 is 0 Å². The van der Waals surface area contributed by atoms with Crippen molar-refractivity contribution in [2.75, 3.05) is 46.8 Å². The van der Waals surface area contributed by atoms with E-state index in [1.165, 1.54) is 69.2 Å². The lowest BCUT2D eigenvalue weighted by atomic mass is 9.84. The lowest BCUT2D eigenvalue weighted by Crippen LogP contribution is -2.62. The van der Waals surface area contributed by atoms with E-state index in [-0.39, 0.29) is 29.5 Å². The van der Waals surface area contributed by atoms with Crippen molar-refractivity contribution in [3.8, 4) is 0 Å². The molecule has 2 fully saturated rings. The van der Waals surface area contributed by atoms with Crippen molar-refractivity contribution in [3.63, 3.8) is 0 Å². The summed E-state index contributed by atoms with van der Waals surface area (Å²) in [5.74, 6) is 1.83. The van der Waals surface area contributed by atoms with Gasteiger partial charge in [0.05, 0.1) is 6.54 Å². The van der Waals surface area contributed by atoms with Gasteiger partial charge < -0.3 is 20.0 Å². The highest BCUT2D eigenvalue weighted by Gasteiger charge is 2.39. The summed E-state index contributed by atoms with van der Waals surface area (Å²) < 4.78 is 6.06. The molecule has 0 radical (unpaired) electrons. The summed E-state index contributed by atoms with van der Waals surface area (Å²) in [7, 11) is 4.09. The summed E-state index contributed by atoms with van der Waals surface area (Å²) in [4.78, 5) is 9.70. The highest BCUT2D eigenvalue weighted by atomic mass is 127. The third-order valence-electron chi connectivity index (χ3n) is 7.11. The minimum absolute atomic E-state index is 0. The third-order valence-corrected chi connectivity index (χ3v) is 7.11. The molecule has 0 bridgehead atoms. The predicted octanol–water partition coefficient (Wildman–Crippen LogP) is 3.97. The summed E-state index contributed by atoms with van der Waals surface area (Å²) in [6.45, 7) is 8.51. The Balaban J connectivity index is 0.00000272. The number of furan rings is 1. The molecule has 2 aliphatic heterocycles. The molecule has 0 unspecified atom stereocenters. The number of likely N-dealkylation sites (tertiary alicyclic amines) is 2. The Labute approximate surface area is 203 Å². The second kappa shape index (κ2) is 11.0. The van der Waals surface area contributed by atoms with Crippen molar-refractivity contribution in [3.05, 3.63) is 35.6 Å². The van der Waals surface area contributed by atoms with Crippen LogP contribution in [0, 0.1) is 6.92 Å². The van der Waals surface area contributed by atoms with E-state index in [1.54, 1.807) is 0 Å². The number of hydrogen-bond acceptors (Lipinski definition) is 4. The van der Waals surface area contributed by atoms with Crippen LogP contribution in [0.4, 0.5) is 0 Å². The maximum Gasteiger partial charge on any atom is 0.191 e. The number of piperidine rings is 2. The molecule has 2 N–H and O–H groups in total. The zero-order chi connectivity index (χ0) is 21.0. The number of nitrogens with zero attached hydrogens (tertiary/aromatic N) is 3. The van der Waals surface area contributed by atoms with Gasteiger partial charge in [-0.05, 0) is 71.9 Å². The zero-order valence-electron chi connectivity index (χ0n) is 19.2. The van der Waals surface area contributed by atoms with Gasteiger partial charge >= 0.3 is 0 Å². The van der Waals surface area contributed by atoms with Gasteiger partial charge in [-0.25, -0.2) is 0 Å². The minimum Gasteiger partial charge on any atom is -0.459 e. The van der Waals surface area contributed by atoms with Gasteiger partial charge in [-0.15, -0.1) is 24.0 Å². The van der Waals surface area contributed by atoms with E-state index in [2.05, 4.69) is 51.5 Å². The SMILES string of the molecule is CN=C(NCc1oc2ccccc2c1C)NCC1(N2CCCCC2)CCN(C)CC1.I. The Kier molecular flexibility index (Phi) is 8.64. The van der Waals surface area contributed by atoms with Gasteiger partial charge in [-0.1, -0.05) is 24.6 Å². The maximum atomic E-state index is 6.06. The topological polar surface area (TPSA) is 56.0 Å². The van der Waals surface area contributed by atoms with Crippen molar-refractivity contribution in [2.24, 2.45) is 4.99 Å².